The van der Waals surface area contributed by atoms with Crippen molar-refractivity contribution in [1.29, 1.82) is 0 Å². The molecule has 2 aromatic heterocycles. The van der Waals surface area contributed by atoms with Crippen LogP contribution in [0.3, 0.4) is 0 Å². The Morgan fingerprint density at radius 2 is 1.68 bits per heavy atom. The fraction of sp³-hybridized carbons (Fsp3) is 0.314. The molecule has 47 heavy (non-hydrogen) atoms. The van der Waals surface area contributed by atoms with Crippen LogP contribution in [0.5, 0.6) is 0 Å². The van der Waals surface area contributed by atoms with Crippen LogP contribution in [0.25, 0.3) is 43.6 Å². The second-order valence-corrected chi connectivity index (χ2v) is 12.8. The largest absolute Gasteiger partial charge is 0.463 e. The van der Waals surface area contributed by atoms with E-state index in [1.807, 2.05) is 72.1 Å². The minimum atomic E-state index is -2.14. The lowest BCUT2D eigenvalue weighted by Crippen LogP contribution is -2.56. The third kappa shape index (κ3) is 3.92. The molecule has 3 aliphatic heterocycles. The van der Waals surface area contributed by atoms with E-state index in [1.165, 1.54) is 6.08 Å². The molecule has 3 aromatic carbocycles. The number of hydrogen-bond acceptors (Lipinski definition) is 8. The van der Waals surface area contributed by atoms with Crippen LogP contribution in [0, 0.1) is 0 Å². The van der Waals surface area contributed by atoms with Gasteiger partial charge in [-0.05, 0) is 39.6 Å². The fourth-order valence-corrected chi connectivity index (χ4v) is 7.64. The maximum atomic E-state index is 14.0. The highest BCUT2D eigenvalue weighted by Crippen LogP contribution is 2.57. The van der Waals surface area contributed by atoms with E-state index < -0.39 is 35.3 Å². The third-order valence-corrected chi connectivity index (χ3v) is 9.69. The van der Waals surface area contributed by atoms with Gasteiger partial charge in [-0.15, -0.1) is 0 Å². The fourth-order valence-electron chi connectivity index (χ4n) is 7.64. The topological polar surface area (TPSA) is 144 Å². The molecule has 1 saturated heterocycles. The van der Waals surface area contributed by atoms with Crippen molar-refractivity contribution in [3.8, 4) is 0 Å². The summed E-state index contributed by atoms with van der Waals surface area (Å²) in [6, 6.07) is 14.9. The van der Waals surface area contributed by atoms with Crippen molar-refractivity contribution in [2.24, 2.45) is 0 Å². The molecule has 0 radical (unpaired) electrons. The molecule has 3 N–H and O–H groups in total. The summed E-state index contributed by atoms with van der Waals surface area (Å²) in [5.74, 6) is -2.06. The van der Waals surface area contributed by atoms with Crippen LogP contribution < -0.4 is 10.6 Å². The number of esters is 1. The van der Waals surface area contributed by atoms with E-state index >= 15 is 0 Å². The third-order valence-electron chi connectivity index (χ3n) is 9.69. The van der Waals surface area contributed by atoms with Crippen molar-refractivity contribution in [2.45, 2.75) is 37.3 Å². The molecule has 1 fully saturated rings. The highest BCUT2D eigenvalue weighted by Gasteiger charge is 2.66. The van der Waals surface area contributed by atoms with Crippen molar-refractivity contribution in [1.82, 2.24) is 24.7 Å². The number of para-hydroxylation sites is 2. The van der Waals surface area contributed by atoms with Crippen LogP contribution in [0.4, 0.5) is 0 Å². The van der Waals surface area contributed by atoms with Crippen LogP contribution in [-0.4, -0.2) is 82.2 Å². The number of aliphatic hydroxyl groups is 1. The summed E-state index contributed by atoms with van der Waals surface area (Å²) < 4.78 is 16.2. The maximum absolute atomic E-state index is 14.0. The first-order valence-electron chi connectivity index (χ1n) is 15.6. The summed E-state index contributed by atoms with van der Waals surface area (Å²) in [5, 5.41) is 20.4. The molecule has 240 valence electrons. The number of hydrogen-bond donors (Lipinski definition) is 3. The highest BCUT2D eigenvalue weighted by atomic mass is 16.6. The first-order valence-corrected chi connectivity index (χ1v) is 15.6. The van der Waals surface area contributed by atoms with Gasteiger partial charge in [-0.1, -0.05) is 42.5 Å². The Labute approximate surface area is 268 Å². The first kappa shape index (κ1) is 29.4. The Kier molecular flexibility index (Phi) is 6.39. The lowest BCUT2D eigenvalue weighted by Gasteiger charge is -2.37. The molecule has 3 amide bonds. The molecular weight excluding hydrogens is 602 g/mol. The smallest absolute Gasteiger partial charge is 0.343 e. The van der Waals surface area contributed by atoms with Gasteiger partial charge in [0, 0.05) is 47.1 Å². The average molecular weight is 636 g/mol. The number of amides is 3. The minimum absolute atomic E-state index is 0.0332. The van der Waals surface area contributed by atoms with Crippen molar-refractivity contribution in [3.05, 3.63) is 71.8 Å². The monoisotopic (exact) mass is 635 g/mol. The number of carbonyl (C=O) groups is 4. The number of likely N-dealkylation sites (N-methyl/N-ethyl adjacent to an activating group) is 1. The van der Waals surface area contributed by atoms with Gasteiger partial charge in [0.05, 0.1) is 39.8 Å². The molecule has 0 saturated carbocycles. The number of carbonyl (C=O) groups excluding carboxylic acids is 4. The van der Waals surface area contributed by atoms with Crippen molar-refractivity contribution < 1.29 is 33.8 Å². The Morgan fingerprint density at radius 1 is 1.04 bits per heavy atom. The molecule has 2 bridgehead atoms. The molecule has 12 nitrogen and oxygen atoms in total. The lowest BCUT2D eigenvalue weighted by molar-refractivity contribution is -0.204. The number of nitrogens with one attached hydrogen (secondary N) is 2. The first-order chi connectivity index (χ1) is 22.6. The van der Waals surface area contributed by atoms with Gasteiger partial charge in [0.2, 0.25) is 11.5 Å². The van der Waals surface area contributed by atoms with Crippen LogP contribution in [0.1, 0.15) is 46.7 Å². The van der Waals surface area contributed by atoms with E-state index in [9.17, 15) is 24.3 Å². The summed E-state index contributed by atoms with van der Waals surface area (Å²) in [6.07, 6.45) is 2.62. The summed E-state index contributed by atoms with van der Waals surface area (Å²) >= 11 is 0. The van der Waals surface area contributed by atoms with Gasteiger partial charge in [-0.3, -0.25) is 19.7 Å². The molecule has 5 aromatic rings. The van der Waals surface area contributed by atoms with Crippen LogP contribution in [0.15, 0.2) is 60.7 Å². The number of benzene rings is 3. The quantitative estimate of drug-likeness (QED) is 0.102. The van der Waals surface area contributed by atoms with Crippen LogP contribution in [-0.2, 0) is 24.8 Å². The van der Waals surface area contributed by atoms with E-state index in [2.05, 4.69) is 10.6 Å². The zero-order chi connectivity index (χ0) is 32.8. The standard InChI is InChI=1S/C35H33N5O7/c1-34-35(45,33(44)46-17-9-15-36-23(41)14-8-16-38(2)3)18-24(47-34)39-21-12-6-4-10-19(21)25-27-28(32(43)37-31(27)42)26-20-11-5-7-13-22(20)40(34)30(26)29(25)39/h4-8,10-14,24,45H,9,15-18H2,1-3H3,(H,36,41)(H,37,42,43)/b14-8+/t24?,34-,35-/m0/s1. The Morgan fingerprint density at radius 3 is 2.38 bits per heavy atom. The van der Waals surface area contributed by atoms with Gasteiger partial charge in [0.1, 0.15) is 6.23 Å². The normalized spacial score (nSPS) is 23.1. The minimum Gasteiger partial charge on any atom is -0.463 e. The maximum Gasteiger partial charge on any atom is 0.343 e. The molecule has 12 heteroatoms. The molecule has 3 atom stereocenters. The van der Waals surface area contributed by atoms with E-state index in [4.69, 9.17) is 9.47 Å². The molecule has 3 aliphatic rings. The number of aromatic nitrogens is 2. The van der Waals surface area contributed by atoms with Gasteiger partial charge >= 0.3 is 5.97 Å². The van der Waals surface area contributed by atoms with Crippen molar-refractivity contribution >= 4 is 67.3 Å². The van der Waals surface area contributed by atoms with Crippen LogP contribution >= 0.6 is 0 Å². The Hall–Kier alpha value is -5.04. The Bertz CT molecular complexity index is 2250. The average Bonchev–Trinajstić information content (AvgIpc) is 3.71. The predicted octanol–water partition coefficient (Wildman–Crippen LogP) is 3.29. The SMILES string of the molecule is CN(C)C/C=C/C(=O)NCCCOC(=O)[C@@]1(O)CC2O[C@]1(C)n1c3ccccc3c3c4c(c5c6ccccc6n2c5c31)C(=O)NC4=O. The lowest BCUT2D eigenvalue weighted by atomic mass is 9.88. The molecule has 0 aliphatic carbocycles. The zero-order valence-electron chi connectivity index (χ0n) is 26.1. The number of nitrogens with zero attached hydrogens (tertiary/aromatic N) is 3. The predicted molar refractivity (Wildman–Crippen MR) is 174 cm³/mol. The van der Waals surface area contributed by atoms with Crippen molar-refractivity contribution in [3.63, 3.8) is 0 Å². The van der Waals surface area contributed by atoms with E-state index in [0.717, 1.165) is 10.9 Å². The molecule has 1 unspecified atom stereocenters. The number of imide groups is 1. The van der Waals surface area contributed by atoms with E-state index in [-0.39, 0.29) is 31.0 Å². The molecule has 5 heterocycles. The van der Waals surface area contributed by atoms with Crippen molar-refractivity contribution in [2.75, 3.05) is 33.8 Å². The molecule has 8 rings (SSSR count). The Balaban J connectivity index is 1.24. The number of rotatable bonds is 8. The summed E-state index contributed by atoms with van der Waals surface area (Å²) in [5.41, 5.74) is -0.582. The summed E-state index contributed by atoms with van der Waals surface area (Å²) in [7, 11) is 3.81. The van der Waals surface area contributed by atoms with E-state index in [1.54, 1.807) is 17.6 Å². The molecule has 0 spiro atoms. The number of fused-ring (bicyclic) bond motifs is 13. The summed E-state index contributed by atoms with van der Waals surface area (Å²) in [4.78, 5) is 54.8. The van der Waals surface area contributed by atoms with Gasteiger partial charge < -0.3 is 33.9 Å². The van der Waals surface area contributed by atoms with Gasteiger partial charge in [-0.25, -0.2) is 4.79 Å². The van der Waals surface area contributed by atoms with Gasteiger partial charge in [0.15, 0.2) is 5.72 Å². The second-order valence-electron chi connectivity index (χ2n) is 12.8. The zero-order valence-corrected chi connectivity index (χ0v) is 26.1. The van der Waals surface area contributed by atoms with E-state index in [0.29, 0.717) is 51.2 Å². The summed E-state index contributed by atoms with van der Waals surface area (Å²) in [6.45, 7) is 2.55. The molecular formula is C35H33N5O7. The second kappa shape index (κ2) is 10.2. The van der Waals surface area contributed by atoms with Gasteiger partial charge in [-0.2, -0.15) is 0 Å². The van der Waals surface area contributed by atoms with Gasteiger partial charge in [0.25, 0.3) is 11.8 Å². The van der Waals surface area contributed by atoms with Crippen LogP contribution in [0.2, 0.25) is 0 Å². The number of ether oxygens (including phenoxy) is 2. The highest BCUT2D eigenvalue weighted by molar-refractivity contribution is 6.39.